The zero-order valence-electron chi connectivity index (χ0n) is 16.7. The number of aryl methyl sites for hydroxylation is 1. The van der Waals surface area contributed by atoms with Crippen LogP contribution in [-0.2, 0) is 27.0 Å². The molecule has 1 heterocycles. The predicted octanol–water partition coefficient (Wildman–Crippen LogP) is 3.66. The number of rotatable bonds is 10. The largest absolute Gasteiger partial charge is 0.441 e. The fraction of sp³-hybridized carbons (Fsp3) is 0.182. The van der Waals surface area contributed by atoms with Crippen LogP contribution in [0, 0.1) is 5.82 Å². The van der Waals surface area contributed by atoms with Crippen LogP contribution in [0.5, 0.6) is 0 Å². The molecule has 0 fully saturated rings. The molecule has 162 valence electrons. The van der Waals surface area contributed by atoms with Crippen molar-refractivity contribution in [2.75, 3.05) is 11.9 Å². The number of hydrogen-bond acceptors (Lipinski definition) is 5. The fourth-order valence-corrected chi connectivity index (χ4v) is 3.86. The minimum atomic E-state index is -3.44. The molecule has 0 radical (unpaired) electrons. The zero-order valence-corrected chi connectivity index (χ0v) is 17.5. The Morgan fingerprint density at radius 2 is 1.84 bits per heavy atom. The molecule has 9 heteroatoms. The third-order valence-electron chi connectivity index (χ3n) is 4.29. The second-order valence-electron chi connectivity index (χ2n) is 6.77. The van der Waals surface area contributed by atoms with E-state index in [2.05, 4.69) is 21.6 Å². The quantitative estimate of drug-likeness (QED) is 0.466. The van der Waals surface area contributed by atoms with Crippen molar-refractivity contribution in [3.8, 4) is 11.3 Å². The van der Waals surface area contributed by atoms with E-state index in [0.29, 0.717) is 34.9 Å². The lowest BCUT2D eigenvalue weighted by Gasteiger charge is -2.07. The molecule has 0 spiro atoms. The van der Waals surface area contributed by atoms with E-state index >= 15 is 0 Å². The summed E-state index contributed by atoms with van der Waals surface area (Å²) < 4.78 is 44.8. The summed E-state index contributed by atoms with van der Waals surface area (Å²) in [4.78, 5) is 16.3. The SMILES string of the molecule is C=CCNS(=O)(=O)Cc1ccc(NC(=O)CCc2ncc(-c3ccc(F)cc3)o2)cc1. The van der Waals surface area contributed by atoms with Crippen molar-refractivity contribution in [3.63, 3.8) is 0 Å². The van der Waals surface area contributed by atoms with E-state index in [0.717, 1.165) is 0 Å². The molecule has 0 aliphatic rings. The highest BCUT2D eigenvalue weighted by Gasteiger charge is 2.12. The lowest BCUT2D eigenvalue weighted by molar-refractivity contribution is -0.116. The summed E-state index contributed by atoms with van der Waals surface area (Å²) in [5, 5.41) is 2.75. The molecule has 0 aliphatic carbocycles. The number of halogens is 1. The molecule has 3 rings (SSSR count). The molecule has 0 saturated heterocycles. The maximum atomic E-state index is 13.0. The van der Waals surface area contributed by atoms with Crippen molar-refractivity contribution in [2.24, 2.45) is 0 Å². The summed E-state index contributed by atoms with van der Waals surface area (Å²) in [5.41, 5.74) is 1.86. The highest BCUT2D eigenvalue weighted by molar-refractivity contribution is 7.88. The highest BCUT2D eigenvalue weighted by atomic mass is 32.2. The van der Waals surface area contributed by atoms with Gasteiger partial charge >= 0.3 is 0 Å². The Hall–Kier alpha value is -3.30. The van der Waals surface area contributed by atoms with Crippen molar-refractivity contribution < 1.29 is 22.0 Å². The van der Waals surface area contributed by atoms with E-state index in [1.807, 2.05) is 0 Å². The Balaban J connectivity index is 1.50. The van der Waals surface area contributed by atoms with Crippen LogP contribution < -0.4 is 10.0 Å². The van der Waals surface area contributed by atoms with E-state index in [1.165, 1.54) is 24.4 Å². The Kier molecular flexibility index (Phi) is 7.32. The van der Waals surface area contributed by atoms with Crippen molar-refractivity contribution in [1.82, 2.24) is 9.71 Å². The lowest BCUT2D eigenvalue weighted by atomic mass is 10.2. The number of amides is 1. The summed E-state index contributed by atoms with van der Waals surface area (Å²) in [5.74, 6) is 0.189. The van der Waals surface area contributed by atoms with Crippen LogP contribution in [-0.4, -0.2) is 25.9 Å². The van der Waals surface area contributed by atoms with Gasteiger partial charge in [0, 0.05) is 30.6 Å². The molecule has 1 aromatic heterocycles. The molecule has 0 atom stereocenters. The third-order valence-corrected chi connectivity index (χ3v) is 5.61. The molecule has 1 amide bonds. The first kappa shape index (κ1) is 22.4. The van der Waals surface area contributed by atoms with Gasteiger partial charge in [-0.15, -0.1) is 6.58 Å². The number of hydrogen-bond donors (Lipinski definition) is 2. The molecule has 3 aromatic rings. The van der Waals surface area contributed by atoms with Gasteiger partial charge in [-0.2, -0.15) is 0 Å². The molecule has 7 nitrogen and oxygen atoms in total. The first-order valence-corrected chi connectivity index (χ1v) is 11.2. The van der Waals surface area contributed by atoms with Crippen LogP contribution in [0.25, 0.3) is 11.3 Å². The van der Waals surface area contributed by atoms with Crippen LogP contribution >= 0.6 is 0 Å². The van der Waals surface area contributed by atoms with Crippen LogP contribution in [0.15, 0.2) is 71.8 Å². The Morgan fingerprint density at radius 3 is 2.52 bits per heavy atom. The maximum absolute atomic E-state index is 13.0. The topological polar surface area (TPSA) is 101 Å². The Labute approximate surface area is 180 Å². The number of oxazole rings is 1. The smallest absolute Gasteiger partial charge is 0.224 e. The summed E-state index contributed by atoms with van der Waals surface area (Å²) in [6, 6.07) is 12.4. The number of benzene rings is 2. The van der Waals surface area contributed by atoms with Crippen molar-refractivity contribution in [2.45, 2.75) is 18.6 Å². The minimum Gasteiger partial charge on any atom is -0.441 e. The summed E-state index contributed by atoms with van der Waals surface area (Å²) in [6.07, 6.45) is 3.47. The highest BCUT2D eigenvalue weighted by Crippen LogP contribution is 2.21. The summed E-state index contributed by atoms with van der Waals surface area (Å²) >= 11 is 0. The molecule has 2 aromatic carbocycles. The number of aromatic nitrogens is 1. The fourth-order valence-electron chi connectivity index (χ4n) is 2.76. The monoisotopic (exact) mass is 443 g/mol. The second-order valence-corrected chi connectivity index (χ2v) is 8.57. The van der Waals surface area contributed by atoms with E-state index in [4.69, 9.17) is 4.42 Å². The molecule has 0 saturated carbocycles. The first-order valence-electron chi connectivity index (χ1n) is 9.52. The van der Waals surface area contributed by atoms with Gasteiger partial charge in [0.1, 0.15) is 5.82 Å². The van der Waals surface area contributed by atoms with E-state index in [9.17, 15) is 17.6 Å². The normalized spacial score (nSPS) is 11.3. The molecule has 2 N–H and O–H groups in total. The van der Waals surface area contributed by atoms with E-state index in [-0.39, 0.29) is 30.4 Å². The molecule has 0 bridgehead atoms. The summed E-state index contributed by atoms with van der Waals surface area (Å²) in [7, 11) is -3.44. The third kappa shape index (κ3) is 6.87. The van der Waals surface area contributed by atoms with Gasteiger partial charge < -0.3 is 9.73 Å². The van der Waals surface area contributed by atoms with Crippen molar-refractivity contribution in [3.05, 3.63) is 84.7 Å². The van der Waals surface area contributed by atoms with Gasteiger partial charge in [0.05, 0.1) is 11.9 Å². The maximum Gasteiger partial charge on any atom is 0.224 e. The van der Waals surface area contributed by atoms with E-state index < -0.39 is 10.0 Å². The van der Waals surface area contributed by atoms with Gasteiger partial charge in [-0.3, -0.25) is 4.79 Å². The lowest BCUT2D eigenvalue weighted by Crippen LogP contribution is -2.25. The Bertz CT molecular complexity index is 1140. The number of carbonyl (C=O) groups is 1. The predicted molar refractivity (Wildman–Crippen MR) is 116 cm³/mol. The van der Waals surface area contributed by atoms with Crippen LogP contribution in [0.2, 0.25) is 0 Å². The van der Waals surface area contributed by atoms with Crippen molar-refractivity contribution >= 4 is 21.6 Å². The van der Waals surface area contributed by atoms with Gasteiger partial charge in [-0.05, 0) is 42.0 Å². The number of nitrogens with zero attached hydrogens (tertiary/aromatic N) is 1. The number of carbonyl (C=O) groups excluding carboxylic acids is 1. The molecule has 31 heavy (non-hydrogen) atoms. The van der Waals surface area contributed by atoms with Crippen LogP contribution in [0.3, 0.4) is 0 Å². The first-order chi connectivity index (χ1) is 14.8. The van der Waals surface area contributed by atoms with E-state index in [1.54, 1.807) is 36.4 Å². The Morgan fingerprint density at radius 1 is 1.13 bits per heavy atom. The van der Waals surface area contributed by atoms with Crippen LogP contribution in [0.4, 0.5) is 10.1 Å². The minimum absolute atomic E-state index is 0.157. The average Bonchev–Trinajstić information content (AvgIpc) is 3.22. The molecule has 0 aliphatic heterocycles. The molecular weight excluding hydrogens is 421 g/mol. The zero-order chi connectivity index (χ0) is 22.3. The van der Waals surface area contributed by atoms with Gasteiger partial charge in [0.25, 0.3) is 0 Å². The second kappa shape index (κ2) is 10.1. The standard InChI is InChI=1S/C22H22FN3O4S/c1-2-13-25-31(28,29)15-16-3-9-19(10-4-16)26-21(27)11-12-22-24-14-20(30-22)17-5-7-18(23)8-6-17/h2-10,14,25H,1,11-13,15H2,(H,26,27). The van der Waals surface area contributed by atoms with Gasteiger partial charge in [-0.25, -0.2) is 22.5 Å². The van der Waals surface area contributed by atoms with Gasteiger partial charge in [-0.1, -0.05) is 18.2 Å². The van der Waals surface area contributed by atoms with Gasteiger partial charge in [0.2, 0.25) is 15.9 Å². The van der Waals surface area contributed by atoms with Gasteiger partial charge in [0.15, 0.2) is 11.7 Å². The molecule has 0 unspecified atom stereocenters. The summed E-state index contributed by atoms with van der Waals surface area (Å²) in [6.45, 7) is 3.65. The molecular formula is C22H22FN3O4S. The van der Waals surface area contributed by atoms with Crippen LogP contribution in [0.1, 0.15) is 17.9 Å². The number of nitrogens with one attached hydrogen (secondary N) is 2. The number of sulfonamides is 1. The average molecular weight is 444 g/mol. The number of anilines is 1. The van der Waals surface area contributed by atoms with Crippen molar-refractivity contribution in [1.29, 1.82) is 0 Å².